The smallest absolute Gasteiger partial charge is 0.124 e. The van der Waals surface area contributed by atoms with Gasteiger partial charge in [0.25, 0.3) is 0 Å². The van der Waals surface area contributed by atoms with Crippen LogP contribution >= 0.6 is 46.3 Å². The Labute approximate surface area is 193 Å². The highest BCUT2D eigenvalue weighted by Crippen LogP contribution is 2.35. The molecule has 0 atom stereocenters. The normalized spacial score (nSPS) is 10.9. The van der Waals surface area contributed by atoms with Crippen LogP contribution in [0.5, 0.6) is 5.75 Å². The molecule has 0 N–H and O–H groups in total. The number of nitrogens with zero attached hydrogens (tertiary/aromatic N) is 3. The number of hydrogen-bond acceptors (Lipinski definition) is 6. The summed E-state index contributed by atoms with van der Waals surface area (Å²) < 4.78 is 5.22. The molecule has 0 aliphatic heterocycles. The van der Waals surface area contributed by atoms with Crippen molar-refractivity contribution >= 4 is 46.3 Å². The number of hydrogen-bond donors (Lipinski definition) is 0. The summed E-state index contributed by atoms with van der Waals surface area (Å²) in [6, 6.07) is 17.5. The largest absolute Gasteiger partial charge is 0.497 e. The molecule has 0 amide bonds. The van der Waals surface area contributed by atoms with E-state index in [1.54, 1.807) is 30.2 Å². The molecule has 2 aromatic heterocycles. The molecule has 0 aliphatic rings. The summed E-state index contributed by atoms with van der Waals surface area (Å²) in [6.45, 7) is 1.99. The van der Waals surface area contributed by atoms with Crippen molar-refractivity contribution in [2.24, 2.45) is 0 Å². The van der Waals surface area contributed by atoms with Crippen LogP contribution in [0.2, 0.25) is 10.0 Å². The highest BCUT2D eigenvalue weighted by Gasteiger charge is 2.13. The first-order valence-electron chi connectivity index (χ1n) is 9.06. The van der Waals surface area contributed by atoms with E-state index in [9.17, 15) is 0 Å². The summed E-state index contributed by atoms with van der Waals surface area (Å²) in [5.41, 5.74) is 3.90. The Morgan fingerprint density at radius 2 is 1.77 bits per heavy atom. The van der Waals surface area contributed by atoms with Gasteiger partial charge in [-0.1, -0.05) is 41.0 Å². The Morgan fingerprint density at radius 3 is 2.43 bits per heavy atom. The fourth-order valence-electron chi connectivity index (χ4n) is 2.80. The third-order valence-electron chi connectivity index (χ3n) is 4.38. The molecule has 0 fully saturated rings. The molecule has 152 valence electrons. The summed E-state index contributed by atoms with van der Waals surface area (Å²) >= 11 is 15.3. The molecule has 2 heterocycles. The van der Waals surface area contributed by atoms with E-state index in [0.717, 1.165) is 48.9 Å². The first-order valence-corrected chi connectivity index (χ1v) is 11.6. The van der Waals surface area contributed by atoms with Crippen LogP contribution in [0.1, 0.15) is 11.3 Å². The van der Waals surface area contributed by atoms with Gasteiger partial charge in [0.2, 0.25) is 0 Å². The van der Waals surface area contributed by atoms with Gasteiger partial charge in [-0.05, 0) is 61.0 Å². The summed E-state index contributed by atoms with van der Waals surface area (Å²) in [5.74, 6) is 1.57. The van der Waals surface area contributed by atoms with Gasteiger partial charge in [0.1, 0.15) is 21.5 Å². The van der Waals surface area contributed by atoms with Gasteiger partial charge in [-0.25, -0.2) is 4.98 Å². The van der Waals surface area contributed by atoms with Crippen molar-refractivity contribution in [3.05, 3.63) is 75.9 Å². The van der Waals surface area contributed by atoms with Gasteiger partial charge in [-0.3, -0.25) is 0 Å². The van der Waals surface area contributed by atoms with Crippen molar-refractivity contribution in [2.45, 2.75) is 17.7 Å². The predicted octanol–water partition coefficient (Wildman–Crippen LogP) is 7.18. The number of rotatable bonds is 6. The number of ether oxygens (including phenoxy) is 1. The van der Waals surface area contributed by atoms with Crippen LogP contribution in [-0.2, 0) is 5.75 Å². The Morgan fingerprint density at radius 1 is 0.967 bits per heavy atom. The average molecular weight is 474 g/mol. The zero-order valence-electron chi connectivity index (χ0n) is 16.2. The number of halogens is 2. The molecule has 30 heavy (non-hydrogen) atoms. The van der Waals surface area contributed by atoms with E-state index in [2.05, 4.69) is 10.2 Å². The van der Waals surface area contributed by atoms with Crippen LogP contribution in [0, 0.1) is 6.92 Å². The lowest BCUT2D eigenvalue weighted by Gasteiger charge is -2.03. The van der Waals surface area contributed by atoms with Gasteiger partial charge in [-0.2, -0.15) is 0 Å². The second kappa shape index (κ2) is 9.35. The van der Waals surface area contributed by atoms with Gasteiger partial charge >= 0.3 is 0 Å². The topological polar surface area (TPSA) is 47.9 Å². The number of thioether (sulfide) groups is 1. The van der Waals surface area contributed by atoms with Gasteiger partial charge in [-0.15, -0.1) is 21.5 Å². The predicted molar refractivity (Wildman–Crippen MR) is 126 cm³/mol. The molecule has 0 radical (unpaired) electrons. The quantitative estimate of drug-likeness (QED) is 0.277. The van der Waals surface area contributed by atoms with Gasteiger partial charge in [0.05, 0.1) is 27.7 Å². The zero-order valence-corrected chi connectivity index (χ0v) is 19.4. The van der Waals surface area contributed by atoms with Crippen LogP contribution in [0.25, 0.3) is 21.1 Å². The maximum Gasteiger partial charge on any atom is 0.124 e. The molecule has 4 aromatic rings. The molecule has 0 aliphatic carbocycles. The lowest BCUT2D eigenvalue weighted by atomic mass is 10.2. The Balaban J connectivity index is 1.48. The van der Waals surface area contributed by atoms with E-state index in [4.69, 9.17) is 32.9 Å². The number of aromatic nitrogens is 3. The summed E-state index contributed by atoms with van der Waals surface area (Å²) in [6.07, 6.45) is 0. The van der Waals surface area contributed by atoms with Crippen LogP contribution < -0.4 is 4.74 Å². The molecular formula is C22H17Cl2N3OS2. The van der Waals surface area contributed by atoms with Crippen LogP contribution in [-0.4, -0.2) is 22.3 Å². The van der Waals surface area contributed by atoms with Crippen LogP contribution in [0.3, 0.4) is 0 Å². The SMILES string of the molecule is COc1ccc(-c2nc(C)c(-c3ccc(SCc4ccc(Cl)c(Cl)c4)nn3)s2)cc1. The molecule has 8 heteroatoms. The fraction of sp³-hybridized carbons (Fsp3) is 0.136. The summed E-state index contributed by atoms with van der Waals surface area (Å²) in [4.78, 5) is 5.73. The minimum Gasteiger partial charge on any atom is -0.497 e. The molecule has 0 unspecified atom stereocenters. The summed E-state index contributed by atoms with van der Waals surface area (Å²) in [7, 11) is 1.66. The van der Waals surface area contributed by atoms with Crippen molar-refractivity contribution in [1.82, 2.24) is 15.2 Å². The number of methoxy groups -OCH3 is 1. The van der Waals surface area contributed by atoms with Crippen molar-refractivity contribution in [2.75, 3.05) is 7.11 Å². The van der Waals surface area contributed by atoms with Crippen LogP contribution in [0.15, 0.2) is 59.6 Å². The standard InChI is InChI=1S/C22H17Cl2N3OS2/c1-13-21(30-22(25-13)15-4-6-16(28-2)7-5-15)19-9-10-20(27-26-19)29-12-14-3-8-17(23)18(24)11-14/h3-11H,12H2,1-2H3. The maximum atomic E-state index is 6.08. The lowest BCUT2D eigenvalue weighted by Crippen LogP contribution is -1.90. The molecular weight excluding hydrogens is 457 g/mol. The molecule has 0 saturated heterocycles. The molecule has 0 bridgehead atoms. The third-order valence-corrected chi connectivity index (χ3v) is 7.34. The number of benzene rings is 2. The number of thiazole rings is 1. The number of aryl methyl sites for hydroxylation is 1. The Bertz CT molecular complexity index is 1160. The lowest BCUT2D eigenvalue weighted by molar-refractivity contribution is 0.415. The Hall–Kier alpha value is -2.12. The molecule has 0 spiro atoms. The molecule has 4 rings (SSSR count). The van der Waals surface area contributed by atoms with Crippen molar-refractivity contribution in [1.29, 1.82) is 0 Å². The highest BCUT2D eigenvalue weighted by molar-refractivity contribution is 7.98. The maximum absolute atomic E-state index is 6.08. The van der Waals surface area contributed by atoms with E-state index < -0.39 is 0 Å². The average Bonchev–Trinajstić information content (AvgIpc) is 3.16. The Kier molecular flexibility index (Phi) is 6.58. The van der Waals surface area contributed by atoms with Crippen molar-refractivity contribution < 1.29 is 4.74 Å². The van der Waals surface area contributed by atoms with Gasteiger partial charge in [0, 0.05) is 11.3 Å². The van der Waals surface area contributed by atoms with E-state index in [-0.39, 0.29) is 0 Å². The second-order valence-electron chi connectivity index (χ2n) is 6.46. The van der Waals surface area contributed by atoms with E-state index in [1.165, 1.54) is 0 Å². The first kappa shape index (κ1) is 21.1. The fourth-order valence-corrected chi connectivity index (χ4v) is 4.91. The third kappa shape index (κ3) is 4.78. The highest BCUT2D eigenvalue weighted by atomic mass is 35.5. The molecule has 4 nitrogen and oxygen atoms in total. The summed E-state index contributed by atoms with van der Waals surface area (Å²) in [5, 5.41) is 11.7. The van der Waals surface area contributed by atoms with E-state index in [0.29, 0.717) is 10.0 Å². The van der Waals surface area contributed by atoms with Crippen molar-refractivity contribution in [3.8, 4) is 26.9 Å². The monoisotopic (exact) mass is 473 g/mol. The van der Waals surface area contributed by atoms with Gasteiger partial charge < -0.3 is 4.74 Å². The molecule has 0 saturated carbocycles. The second-order valence-corrected chi connectivity index (χ2v) is 9.27. The van der Waals surface area contributed by atoms with E-state index >= 15 is 0 Å². The minimum absolute atomic E-state index is 0.559. The minimum atomic E-state index is 0.559. The molecule has 2 aromatic carbocycles. The van der Waals surface area contributed by atoms with Crippen LogP contribution in [0.4, 0.5) is 0 Å². The van der Waals surface area contributed by atoms with E-state index in [1.807, 2.05) is 61.5 Å². The van der Waals surface area contributed by atoms with Crippen molar-refractivity contribution in [3.63, 3.8) is 0 Å². The van der Waals surface area contributed by atoms with Gasteiger partial charge in [0.15, 0.2) is 0 Å². The zero-order chi connectivity index (χ0) is 21.1. The first-order chi connectivity index (χ1) is 14.5.